The van der Waals surface area contributed by atoms with Crippen molar-refractivity contribution in [1.29, 1.82) is 0 Å². The Morgan fingerprint density at radius 3 is 2.71 bits per heavy atom. The van der Waals surface area contributed by atoms with Crippen LogP contribution in [0.5, 0.6) is 5.75 Å². The number of hydrogen-bond donors (Lipinski definition) is 1. The molecule has 4 heteroatoms. The summed E-state index contributed by atoms with van der Waals surface area (Å²) in [6.45, 7) is 1.51. The van der Waals surface area contributed by atoms with Gasteiger partial charge in [0.25, 0.3) is 0 Å². The fourth-order valence-corrected chi connectivity index (χ4v) is 1.45. The molecule has 0 aliphatic carbocycles. The third-order valence-electron chi connectivity index (χ3n) is 1.89. The number of methoxy groups -OCH3 is 1. The number of Topliss-reactive ketones (excluding diaryl/α,β-unsaturated/α-hetero) is 1. The van der Waals surface area contributed by atoms with Crippen molar-refractivity contribution in [1.82, 2.24) is 0 Å². The zero-order valence-electron chi connectivity index (χ0n) is 8.13. The van der Waals surface area contributed by atoms with Gasteiger partial charge in [-0.1, -0.05) is 17.7 Å². The van der Waals surface area contributed by atoms with Crippen molar-refractivity contribution < 1.29 is 9.53 Å². The Balaban J connectivity index is 3.10. The highest BCUT2D eigenvalue weighted by atomic mass is 35.5. The summed E-state index contributed by atoms with van der Waals surface area (Å²) in [6, 6.07) is 3.46. The molecule has 0 bridgehead atoms. The second kappa shape index (κ2) is 4.33. The van der Waals surface area contributed by atoms with Gasteiger partial charge in [-0.05, 0) is 18.6 Å². The first-order valence-electron chi connectivity index (χ1n) is 4.16. The summed E-state index contributed by atoms with van der Waals surface area (Å²) in [7, 11) is 1.52. The number of ketones is 1. The topological polar surface area (TPSA) is 52.3 Å². The molecule has 0 aromatic heterocycles. The predicted octanol–water partition coefficient (Wildman–Crippen LogP) is 2.06. The molecule has 0 amide bonds. The minimum atomic E-state index is 0.0536. The molecule has 0 fully saturated rings. The fourth-order valence-electron chi connectivity index (χ4n) is 1.19. The Bertz CT molecular complexity index is 363. The van der Waals surface area contributed by atoms with Gasteiger partial charge in [0.1, 0.15) is 16.6 Å². The van der Waals surface area contributed by atoms with E-state index in [1.165, 1.54) is 14.0 Å². The van der Waals surface area contributed by atoms with E-state index in [0.29, 0.717) is 22.9 Å². The smallest absolute Gasteiger partial charge is 0.139 e. The van der Waals surface area contributed by atoms with Gasteiger partial charge in [-0.25, -0.2) is 0 Å². The molecule has 76 valence electrons. The van der Waals surface area contributed by atoms with Crippen molar-refractivity contribution in [3.05, 3.63) is 22.7 Å². The molecule has 0 aliphatic rings. The SMILES string of the molecule is COc1ccc(CC(C)=O)c(N)c1Cl. The Kier molecular flexibility index (Phi) is 3.36. The summed E-state index contributed by atoms with van der Waals surface area (Å²) in [5.74, 6) is 0.578. The van der Waals surface area contributed by atoms with E-state index in [1.54, 1.807) is 12.1 Å². The quantitative estimate of drug-likeness (QED) is 0.782. The molecule has 0 heterocycles. The van der Waals surface area contributed by atoms with E-state index in [2.05, 4.69) is 0 Å². The van der Waals surface area contributed by atoms with E-state index in [1.807, 2.05) is 0 Å². The summed E-state index contributed by atoms with van der Waals surface area (Å²) in [6.07, 6.45) is 0.301. The molecule has 0 aliphatic heterocycles. The van der Waals surface area contributed by atoms with Gasteiger partial charge < -0.3 is 10.5 Å². The zero-order chi connectivity index (χ0) is 10.7. The molecule has 2 N–H and O–H groups in total. The third-order valence-corrected chi connectivity index (χ3v) is 2.28. The third kappa shape index (κ3) is 2.17. The number of carbonyl (C=O) groups is 1. The van der Waals surface area contributed by atoms with Crippen molar-refractivity contribution in [2.75, 3.05) is 12.8 Å². The number of carbonyl (C=O) groups excluding carboxylic acids is 1. The second-order valence-corrected chi connectivity index (χ2v) is 3.41. The van der Waals surface area contributed by atoms with Crippen LogP contribution >= 0.6 is 11.6 Å². The molecule has 14 heavy (non-hydrogen) atoms. The largest absolute Gasteiger partial charge is 0.495 e. The van der Waals surface area contributed by atoms with Crippen LogP contribution in [0.1, 0.15) is 12.5 Å². The maximum absolute atomic E-state index is 10.9. The molecule has 0 saturated carbocycles. The molecule has 1 rings (SSSR count). The fraction of sp³-hybridized carbons (Fsp3) is 0.300. The molecule has 0 spiro atoms. The first-order valence-corrected chi connectivity index (χ1v) is 4.54. The van der Waals surface area contributed by atoms with Gasteiger partial charge >= 0.3 is 0 Å². The number of nitrogen functional groups attached to an aromatic ring is 1. The van der Waals surface area contributed by atoms with Crippen LogP contribution in [0, 0.1) is 0 Å². The summed E-state index contributed by atoms with van der Waals surface area (Å²) >= 11 is 5.92. The zero-order valence-corrected chi connectivity index (χ0v) is 8.89. The Hall–Kier alpha value is -1.22. The van der Waals surface area contributed by atoms with Gasteiger partial charge in [-0.2, -0.15) is 0 Å². The number of ether oxygens (including phenoxy) is 1. The van der Waals surface area contributed by atoms with Gasteiger partial charge in [-0.15, -0.1) is 0 Å². The van der Waals surface area contributed by atoms with Crippen LogP contribution in [0.25, 0.3) is 0 Å². The molecule has 0 unspecified atom stereocenters. The van der Waals surface area contributed by atoms with Crippen molar-refractivity contribution in [3.63, 3.8) is 0 Å². The number of rotatable bonds is 3. The summed E-state index contributed by atoms with van der Waals surface area (Å²) in [4.78, 5) is 10.9. The molecular weight excluding hydrogens is 202 g/mol. The lowest BCUT2D eigenvalue weighted by atomic mass is 10.1. The maximum atomic E-state index is 10.9. The number of halogens is 1. The van der Waals surface area contributed by atoms with E-state index in [4.69, 9.17) is 22.1 Å². The highest BCUT2D eigenvalue weighted by Crippen LogP contribution is 2.32. The van der Waals surface area contributed by atoms with E-state index in [-0.39, 0.29) is 5.78 Å². The molecule has 1 aromatic rings. The van der Waals surface area contributed by atoms with Crippen LogP contribution < -0.4 is 10.5 Å². The molecule has 0 atom stereocenters. The maximum Gasteiger partial charge on any atom is 0.139 e. The Morgan fingerprint density at radius 2 is 2.21 bits per heavy atom. The van der Waals surface area contributed by atoms with Crippen LogP contribution in [0.3, 0.4) is 0 Å². The van der Waals surface area contributed by atoms with Gasteiger partial charge in [-0.3, -0.25) is 4.79 Å². The van der Waals surface area contributed by atoms with Crippen molar-refractivity contribution in [3.8, 4) is 5.75 Å². The van der Waals surface area contributed by atoms with Crippen LogP contribution in [-0.4, -0.2) is 12.9 Å². The lowest BCUT2D eigenvalue weighted by Crippen LogP contribution is -2.02. The van der Waals surface area contributed by atoms with Gasteiger partial charge in [0.15, 0.2) is 0 Å². The first-order chi connectivity index (χ1) is 6.56. The average molecular weight is 214 g/mol. The number of benzene rings is 1. The molecule has 3 nitrogen and oxygen atoms in total. The second-order valence-electron chi connectivity index (χ2n) is 3.03. The van der Waals surface area contributed by atoms with Gasteiger partial charge in [0, 0.05) is 6.42 Å². The minimum absolute atomic E-state index is 0.0536. The Labute approximate surface area is 87.8 Å². The highest BCUT2D eigenvalue weighted by Gasteiger charge is 2.10. The van der Waals surface area contributed by atoms with Crippen LogP contribution in [-0.2, 0) is 11.2 Å². The van der Waals surface area contributed by atoms with Crippen molar-refractivity contribution in [2.45, 2.75) is 13.3 Å². The number of nitrogens with two attached hydrogens (primary N) is 1. The molecule has 1 aromatic carbocycles. The lowest BCUT2D eigenvalue weighted by Gasteiger charge is -2.09. The van der Waals surface area contributed by atoms with Crippen LogP contribution in [0.2, 0.25) is 5.02 Å². The predicted molar refractivity (Wildman–Crippen MR) is 56.8 cm³/mol. The standard InChI is InChI=1S/C10H12ClNO2/c1-6(13)5-7-3-4-8(14-2)9(11)10(7)12/h3-4H,5,12H2,1-2H3. The monoisotopic (exact) mass is 213 g/mol. The highest BCUT2D eigenvalue weighted by molar-refractivity contribution is 6.34. The van der Waals surface area contributed by atoms with Gasteiger partial charge in [0.05, 0.1) is 12.8 Å². The minimum Gasteiger partial charge on any atom is -0.495 e. The Morgan fingerprint density at radius 1 is 1.57 bits per heavy atom. The lowest BCUT2D eigenvalue weighted by molar-refractivity contribution is -0.116. The van der Waals surface area contributed by atoms with Crippen LogP contribution in [0.15, 0.2) is 12.1 Å². The molecular formula is C10H12ClNO2. The van der Waals surface area contributed by atoms with Crippen molar-refractivity contribution in [2.24, 2.45) is 0 Å². The van der Waals surface area contributed by atoms with E-state index < -0.39 is 0 Å². The number of anilines is 1. The van der Waals surface area contributed by atoms with Gasteiger partial charge in [0.2, 0.25) is 0 Å². The van der Waals surface area contributed by atoms with Crippen molar-refractivity contribution >= 4 is 23.1 Å². The average Bonchev–Trinajstić information content (AvgIpc) is 2.13. The van der Waals surface area contributed by atoms with E-state index in [9.17, 15) is 4.79 Å². The van der Waals surface area contributed by atoms with Crippen LogP contribution in [0.4, 0.5) is 5.69 Å². The summed E-state index contributed by atoms with van der Waals surface area (Å²) in [5, 5.41) is 0.367. The normalized spacial score (nSPS) is 9.93. The van der Waals surface area contributed by atoms with E-state index in [0.717, 1.165) is 5.56 Å². The number of hydrogen-bond acceptors (Lipinski definition) is 3. The van der Waals surface area contributed by atoms with E-state index >= 15 is 0 Å². The summed E-state index contributed by atoms with van der Waals surface area (Å²) < 4.78 is 4.99. The first kappa shape index (κ1) is 10.9. The summed E-state index contributed by atoms with van der Waals surface area (Å²) in [5.41, 5.74) is 6.90. The molecule has 0 radical (unpaired) electrons. The molecule has 0 saturated heterocycles.